The predicted molar refractivity (Wildman–Crippen MR) is 111 cm³/mol. The second-order valence-electron chi connectivity index (χ2n) is 7.36. The highest BCUT2D eigenvalue weighted by Crippen LogP contribution is 2.23. The molecule has 11 nitrogen and oxygen atoms in total. The van der Waals surface area contributed by atoms with E-state index in [1.807, 2.05) is 6.07 Å². The lowest BCUT2D eigenvalue weighted by atomic mass is 10.1. The number of hydrogen-bond acceptors (Lipinski definition) is 7. The molecule has 1 aliphatic heterocycles. The summed E-state index contributed by atoms with van der Waals surface area (Å²) < 4.78 is 7.63. The zero-order chi connectivity index (χ0) is 22.1. The monoisotopic (exact) mass is 433 g/mol. The van der Waals surface area contributed by atoms with E-state index >= 15 is 0 Å². The molecule has 0 radical (unpaired) electrons. The Bertz CT molecular complexity index is 1280. The molecule has 4 aromatic rings. The Morgan fingerprint density at radius 1 is 1.12 bits per heavy atom. The first-order valence-electron chi connectivity index (χ1n) is 10.1. The van der Waals surface area contributed by atoms with E-state index in [9.17, 15) is 14.7 Å². The number of imidazole rings is 1. The maximum atomic E-state index is 13.3. The third-order valence-electron chi connectivity index (χ3n) is 5.27. The first-order chi connectivity index (χ1) is 15.6. The number of amides is 1. The Hall–Kier alpha value is -4.28. The first-order valence-corrected chi connectivity index (χ1v) is 10.1. The van der Waals surface area contributed by atoms with Crippen LogP contribution in [0.3, 0.4) is 0 Å². The number of aromatic carboxylic acids is 1. The molecular formula is C21H19N7O4. The molecule has 32 heavy (non-hydrogen) atoms. The molecule has 162 valence electrons. The summed E-state index contributed by atoms with van der Waals surface area (Å²) in [5.74, 6) is -1.02. The van der Waals surface area contributed by atoms with Gasteiger partial charge in [-0.05, 0) is 25.0 Å². The van der Waals surface area contributed by atoms with Gasteiger partial charge in [0.2, 0.25) is 5.65 Å². The quantitative estimate of drug-likeness (QED) is 0.504. The number of likely N-dealkylation sites (tertiary alicyclic amines) is 1. The summed E-state index contributed by atoms with van der Waals surface area (Å²) in [6.45, 7) is 0.971. The van der Waals surface area contributed by atoms with E-state index in [1.54, 1.807) is 46.1 Å². The van der Waals surface area contributed by atoms with Crippen LogP contribution in [0.2, 0.25) is 0 Å². The number of carbonyl (C=O) groups is 2. The number of carboxylic acid groups (broad SMARTS) is 1. The third-order valence-corrected chi connectivity index (χ3v) is 5.27. The van der Waals surface area contributed by atoms with Crippen LogP contribution < -0.4 is 4.74 Å². The Balaban J connectivity index is 1.36. The van der Waals surface area contributed by atoms with Gasteiger partial charge in [0.1, 0.15) is 6.10 Å². The number of carbonyl (C=O) groups excluding carboxylic acids is 1. The van der Waals surface area contributed by atoms with Crippen LogP contribution in [0.5, 0.6) is 5.88 Å². The van der Waals surface area contributed by atoms with E-state index in [0.717, 1.165) is 12.8 Å². The molecule has 1 saturated heterocycles. The van der Waals surface area contributed by atoms with Crippen LogP contribution in [0.15, 0.2) is 55.2 Å². The number of piperidine rings is 1. The molecule has 5 rings (SSSR count). The van der Waals surface area contributed by atoms with Crippen molar-refractivity contribution in [1.29, 1.82) is 0 Å². The highest BCUT2D eigenvalue weighted by molar-refractivity contribution is 5.97. The number of carboxylic acids is 1. The molecule has 0 aliphatic carbocycles. The number of para-hydroxylation sites is 1. The summed E-state index contributed by atoms with van der Waals surface area (Å²) in [6.07, 6.45) is 8.86. The summed E-state index contributed by atoms with van der Waals surface area (Å²) >= 11 is 0. The standard InChI is InChI=1S/C21H19N7O4/c29-20(15-5-1-2-6-17(15)28-23-7-8-24-28)27-10-3-4-14(12-27)32-19-18-25-16(21(30)31)13-26(18)11-9-22-19/h1-2,5-9,11,13-14H,3-4,10,12H2,(H,30,31). The molecule has 1 fully saturated rings. The van der Waals surface area contributed by atoms with Crippen molar-refractivity contribution < 1.29 is 19.4 Å². The summed E-state index contributed by atoms with van der Waals surface area (Å²) in [6, 6.07) is 7.20. The van der Waals surface area contributed by atoms with Crippen molar-refractivity contribution in [2.24, 2.45) is 0 Å². The number of hydrogen-bond donors (Lipinski definition) is 1. The lowest BCUT2D eigenvalue weighted by molar-refractivity contribution is 0.0529. The number of benzene rings is 1. The van der Waals surface area contributed by atoms with E-state index in [0.29, 0.717) is 30.0 Å². The van der Waals surface area contributed by atoms with Crippen molar-refractivity contribution in [3.63, 3.8) is 0 Å². The van der Waals surface area contributed by atoms with Gasteiger partial charge >= 0.3 is 5.97 Å². The van der Waals surface area contributed by atoms with E-state index in [1.165, 1.54) is 17.2 Å². The average Bonchev–Trinajstić information content (AvgIpc) is 3.50. The highest BCUT2D eigenvalue weighted by atomic mass is 16.5. The maximum absolute atomic E-state index is 13.3. The second kappa shape index (κ2) is 8.10. The normalized spacial score (nSPS) is 16.2. The summed E-state index contributed by atoms with van der Waals surface area (Å²) in [5, 5.41) is 17.5. The third kappa shape index (κ3) is 3.64. The number of ether oxygens (including phenoxy) is 1. The number of aromatic nitrogens is 6. The highest BCUT2D eigenvalue weighted by Gasteiger charge is 2.28. The average molecular weight is 433 g/mol. The molecule has 1 N–H and O–H groups in total. The van der Waals surface area contributed by atoms with Crippen molar-refractivity contribution >= 4 is 17.5 Å². The van der Waals surface area contributed by atoms with Gasteiger partial charge in [-0.1, -0.05) is 12.1 Å². The Labute approximate surface area is 181 Å². The van der Waals surface area contributed by atoms with Crippen molar-refractivity contribution in [1.82, 2.24) is 34.3 Å². The SMILES string of the molecule is O=C(O)c1cn2ccnc(OC3CCCN(C(=O)c4ccccc4-n4nccn4)C3)c2n1. The Morgan fingerprint density at radius 3 is 2.75 bits per heavy atom. The summed E-state index contributed by atoms with van der Waals surface area (Å²) in [4.78, 5) is 36.0. The van der Waals surface area contributed by atoms with Gasteiger partial charge in [0, 0.05) is 25.1 Å². The molecule has 0 spiro atoms. The minimum absolute atomic E-state index is 0.0906. The van der Waals surface area contributed by atoms with Crippen LogP contribution in [-0.2, 0) is 0 Å². The van der Waals surface area contributed by atoms with Crippen LogP contribution in [-0.4, -0.2) is 70.4 Å². The van der Waals surface area contributed by atoms with E-state index in [4.69, 9.17) is 4.74 Å². The van der Waals surface area contributed by atoms with Crippen LogP contribution in [0, 0.1) is 0 Å². The lowest BCUT2D eigenvalue weighted by Crippen LogP contribution is -2.44. The van der Waals surface area contributed by atoms with Gasteiger partial charge in [0.25, 0.3) is 11.8 Å². The fraction of sp³-hybridized carbons (Fsp3) is 0.238. The molecule has 1 atom stereocenters. The van der Waals surface area contributed by atoms with Crippen molar-refractivity contribution in [2.45, 2.75) is 18.9 Å². The van der Waals surface area contributed by atoms with Gasteiger partial charge in [-0.15, -0.1) is 0 Å². The van der Waals surface area contributed by atoms with Gasteiger partial charge in [0.15, 0.2) is 5.69 Å². The first kappa shape index (κ1) is 19.7. The van der Waals surface area contributed by atoms with E-state index in [2.05, 4.69) is 20.2 Å². The van der Waals surface area contributed by atoms with E-state index in [-0.39, 0.29) is 23.6 Å². The zero-order valence-corrected chi connectivity index (χ0v) is 16.9. The van der Waals surface area contributed by atoms with E-state index < -0.39 is 5.97 Å². The van der Waals surface area contributed by atoms with Gasteiger partial charge in [-0.3, -0.25) is 4.79 Å². The van der Waals surface area contributed by atoms with Gasteiger partial charge in [-0.2, -0.15) is 15.0 Å². The zero-order valence-electron chi connectivity index (χ0n) is 16.9. The number of fused-ring (bicyclic) bond motifs is 1. The molecule has 1 unspecified atom stereocenters. The topological polar surface area (TPSA) is 128 Å². The number of rotatable bonds is 5. The lowest BCUT2D eigenvalue weighted by Gasteiger charge is -2.33. The molecule has 11 heteroatoms. The molecular weight excluding hydrogens is 414 g/mol. The largest absolute Gasteiger partial charge is 0.476 e. The van der Waals surface area contributed by atoms with Gasteiger partial charge in [-0.25, -0.2) is 14.8 Å². The van der Waals surface area contributed by atoms with Crippen LogP contribution in [0.4, 0.5) is 0 Å². The minimum atomic E-state index is -1.13. The van der Waals surface area contributed by atoms with Crippen molar-refractivity contribution in [2.75, 3.05) is 13.1 Å². The Morgan fingerprint density at radius 2 is 1.94 bits per heavy atom. The van der Waals surface area contributed by atoms with Crippen molar-refractivity contribution in [3.05, 3.63) is 66.5 Å². The fourth-order valence-corrected chi connectivity index (χ4v) is 3.80. The van der Waals surface area contributed by atoms with Crippen molar-refractivity contribution in [3.8, 4) is 11.6 Å². The van der Waals surface area contributed by atoms with Crippen LogP contribution in [0.25, 0.3) is 11.3 Å². The van der Waals surface area contributed by atoms with Crippen LogP contribution >= 0.6 is 0 Å². The second-order valence-corrected chi connectivity index (χ2v) is 7.36. The van der Waals surface area contributed by atoms with Gasteiger partial charge < -0.3 is 19.1 Å². The molecule has 1 aromatic carbocycles. The van der Waals surface area contributed by atoms with Gasteiger partial charge in [0.05, 0.1) is 30.2 Å². The molecule has 3 aromatic heterocycles. The predicted octanol–water partition coefficient (Wildman–Crippen LogP) is 1.69. The summed E-state index contributed by atoms with van der Waals surface area (Å²) in [5.41, 5.74) is 1.34. The fourth-order valence-electron chi connectivity index (χ4n) is 3.80. The summed E-state index contributed by atoms with van der Waals surface area (Å²) in [7, 11) is 0. The molecule has 1 aliphatic rings. The minimum Gasteiger partial charge on any atom is -0.476 e. The molecule has 0 saturated carbocycles. The smallest absolute Gasteiger partial charge is 0.356 e. The Kier molecular flexibility index (Phi) is 4.98. The molecule has 4 heterocycles. The number of nitrogens with zero attached hydrogens (tertiary/aromatic N) is 7. The maximum Gasteiger partial charge on any atom is 0.356 e. The molecule has 1 amide bonds. The molecule has 0 bridgehead atoms. The van der Waals surface area contributed by atoms with Crippen LogP contribution in [0.1, 0.15) is 33.7 Å².